The van der Waals surface area contributed by atoms with Gasteiger partial charge in [0.1, 0.15) is 5.75 Å². The second-order valence-corrected chi connectivity index (χ2v) is 4.82. The molecule has 2 nitrogen and oxygen atoms in total. The van der Waals surface area contributed by atoms with Gasteiger partial charge in [-0.05, 0) is 36.7 Å². The minimum absolute atomic E-state index is 0.866. The smallest absolute Gasteiger partial charge is 0.119 e. The molecule has 15 heavy (non-hydrogen) atoms. The van der Waals surface area contributed by atoms with E-state index in [-0.39, 0.29) is 0 Å². The van der Waals surface area contributed by atoms with Crippen LogP contribution < -0.4 is 10.1 Å². The molecule has 0 saturated heterocycles. The minimum atomic E-state index is 0.866. The van der Waals surface area contributed by atoms with Crippen molar-refractivity contribution in [1.29, 1.82) is 0 Å². The monoisotopic (exact) mass is 335 g/mol. The molecule has 0 amide bonds. The average molecular weight is 337 g/mol. The number of alkyl halides is 1. The zero-order valence-electron chi connectivity index (χ0n) is 8.72. The molecule has 0 aliphatic rings. The first kappa shape index (κ1) is 13.0. The third-order valence-corrected chi connectivity index (χ3v) is 3.39. The summed E-state index contributed by atoms with van der Waals surface area (Å²) in [6.07, 6.45) is 1.14. The Balaban J connectivity index is 2.51. The average Bonchev–Trinajstić information content (AvgIpc) is 2.26. The Morgan fingerprint density at radius 1 is 1.40 bits per heavy atom. The van der Waals surface area contributed by atoms with Crippen LogP contribution >= 0.6 is 31.9 Å². The van der Waals surface area contributed by atoms with Crippen LogP contribution in [0.1, 0.15) is 12.0 Å². The van der Waals surface area contributed by atoms with Crippen LogP contribution in [0.5, 0.6) is 5.75 Å². The third-order valence-electron chi connectivity index (χ3n) is 2.06. The number of hydrogen-bond donors (Lipinski definition) is 1. The maximum Gasteiger partial charge on any atom is 0.119 e. The van der Waals surface area contributed by atoms with Gasteiger partial charge in [0, 0.05) is 16.3 Å². The molecule has 0 aliphatic carbocycles. The van der Waals surface area contributed by atoms with Crippen molar-refractivity contribution in [3.05, 3.63) is 28.2 Å². The summed E-state index contributed by atoms with van der Waals surface area (Å²) >= 11 is 6.93. The lowest BCUT2D eigenvalue weighted by atomic mass is 10.2. The van der Waals surface area contributed by atoms with E-state index in [0.717, 1.165) is 35.1 Å². The van der Waals surface area contributed by atoms with Crippen LogP contribution in [0.4, 0.5) is 0 Å². The van der Waals surface area contributed by atoms with Crippen LogP contribution in [0.2, 0.25) is 0 Å². The summed E-state index contributed by atoms with van der Waals surface area (Å²) in [5, 5.41) is 4.42. The molecule has 0 unspecified atom stereocenters. The van der Waals surface area contributed by atoms with E-state index in [4.69, 9.17) is 4.74 Å². The predicted molar refractivity (Wildman–Crippen MR) is 70.8 cm³/mol. The molecule has 0 aliphatic heterocycles. The van der Waals surface area contributed by atoms with Crippen molar-refractivity contribution in [3.63, 3.8) is 0 Å². The maximum atomic E-state index is 5.18. The highest BCUT2D eigenvalue weighted by Crippen LogP contribution is 2.22. The van der Waals surface area contributed by atoms with Gasteiger partial charge in [0.25, 0.3) is 0 Å². The number of nitrogens with one attached hydrogen (secondary N) is 1. The molecule has 1 rings (SSSR count). The molecule has 0 spiro atoms. The van der Waals surface area contributed by atoms with Gasteiger partial charge in [-0.2, -0.15) is 0 Å². The molecule has 0 aromatic heterocycles. The molecular weight excluding hydrogens is 322 g/mol. The summed E-state index contributed by atoms with van der Waals surface area (Å²) in [4.78, 5) is 0. The summed E-state index contributed by atoms with van der Waals surface area (Å²) in [5.74, 6) is 0.899. The van der Waals surface area contributed by atoms with Gasteiger partial charge in [-0.25, -0.2) is 0 Å². The second kappa shape index (κ2) is 7.25. The fourth-order valence-corrected chi connectivity index (χ4v) is 1.90. The lowest BCUT2D eigenvalue weighted by Gasteiger charge is -2.08. The number of methoxy groups -OCH3 is 1. The zero-order valence-corrected chi connectivity index (χ0v) is 11.9. The number of benzene rings is 1. The van der Waals surface area contributed by atoms with Gasteiger partial charge in [0.15, 0.2) is 0 Å². The van der Waals surface area contributed by atoms with Gasteiger partial charge in [-0.15, -0.1) is 0 Å². The Morgan fingerprint density at radius 2 is 2.20 bits per heavy atom. The second-order valence-electron chi connectivity index (χ2n) is 3.18. The number of hydrogen-bond acceptors (Lipinski definition) is 2. The fourth-order valence-electron chi connectivity index (χ4n) is 1.23. The Kier molecular flexibility index (Phi) is 6.29. The zero-order chi connectivity index (χ0) is 11.1. The van der Waals surface area contributed by atoms with E-state index in [9.17, 15) is 0 Å². The van der Waals surface area contributed by atoms with Crippen molar-refractivity contribution in [3.8, 4) is 5.75 Å². The standard InChI is InChI=1S/C11H15Br2NO/c1-15-10-3-4-11(13)9(7-10)8-14-6-2-5-12/h3-4,7,14H,2,5-6,8H2,1H3. The van der Waals surface area contributed by atoms with Crippen LogP contribution in [0.15, 0.2) is 22.7 Å². The Labute approximate surface area is 108 Å². The van der Waals surface area contributed by atoms with E-state index < -0.39 is 0 Å². The van der Waals surface area contributed by atoms with Gasteiger partial charge in [-0.1, -0.05) is 31.9 Å². The lowest BCUT2D eigenvalue weighted by molar-refractivity contribution is 0.414. The van der Waals surface area contributed by atoms with Gasteiger partial charge in [-0.3, -0.25) is 0 Å². The first-order valence-corrected chi connectivity index (χ1v) is 6.78. The van der Waals surface area contributed by atoms with Gasteiger partial charge >= 0.3 is 0 Å². The van der Waals surface area contributed by atoms with E-state index >= 15 is 0 Å². The largest absolute Gasteiger partial charge is 0.497 e. The van der Waals surface area contributed by atoms with Crippen molar-refractivity contribution in [2.24, 2.45) is 0 Å². The summed E-state index contributed by atoms with van der Waals surface area (Å²) in [6.45, 7) is 1.89. The van der Waals surface area contributed by atoms with Crippen LogP contribution in [0.25, 0.3) is 0 Å². The highest BCUT2D eigenvalue weighted by atomic mass is 79.9. The van der Waals surface area contributed by atoms with Crippen LogP contribution in [0, 0.1) is 0 Å². The number of halogens is 2. The van der Waals surface area contributed by atoms with E-state index in [1.807, 2.05) is 18.2 Å². The SMILES string of the molecule is COc1ccc(Br)c(CNCCCBr)c1. The van der Waals surface area contributed by atoms with Gasteiger partial charge < -0.3 is 10.1 Å². The molecular formula is C11H15Br2NO. The van der Waals surface area contributed by atoms with E-state index in [1.165, 1.54) is 5.56 Å². The van der Waals surface area contributed by atoms with E-state index in [1.54, 1.807) is 7.11 Å². The first-order chi connectivity index (χ1) is 7.27. The first-order valence-electron chi connectivity index (χ1n) is 4.87. The summed E-state index contributed by atoms with van der Waals surface area (Å²) in [6, 6.07) is 6.01. The Bertz CT molecular complexity index is 305. The van der Waals surface area contributed by atoms with Crippen LogP contribution in [-0.2, 0) is 6.54 Å². The summed E-state index contributed by atoms with van der Waals surface area (Å²) < 4.78 is 6.30. The van der Waals surface area contributed by atoms with E-state index in [2.05, 4.69) is 37.2 Å². The summed E-state index contributed by atoms with van der Waals surface area (Å²) in [5.41, 5.74) is 1.23. The number of ether oxygens (including phenoxy) is 1. The molecule has 4 heteroatoms. The van der Waals surface area contributed by atoms with E-state index in [0.29, 0.717) is 0 Å². The minimum Gasteiger partial charge on any atom is -0.497 e. The maximum absolute atomic E-state index is 5.18. The van der Waals surface area contributed by atoms with Crippen molar-refractivity contribution in [2.75, 3.05) is 19.0 Å². The molecule has 0 atom stereocenters. The van der Waals surface area contributed by atoms with Crippen LogP contribution in [-0.4, -0.2) is 19.0 Å². The molecule has 0 saturated carbocycles. The fraction of sp³-hybridized carbons (Fsp3) is 0.455. The topological polar surface area (TPSA) is 21.3 Å². The molecule has 0 fully saturated rings. The molecule has 1 N–H and O–H groups in total. The molecule has 0 radical (unpaired) electrons. The van der Waals surface area contributed by atoms with Gasteiger partial charge in [0.05, 0.1) is 7.11 Å². The van der Waals surface area contributed by atoms with Crippen molar-refractivity contribution in [1.82, 2.24) is 5.32 Å². The van der Waals surface area contributed by atoms with Crippen molar-refractivity contribution >= 4 is 31.9 Å². The molecule has 0 heterocycles. The quantitative estimate of drug-likeness (QED) is 0.635. The van der Waals surface area contributed by atoms with Crippen molar-refractivity contribution < 1.29 is 4.74 Å². The molecule has 1 aromatic rings. The molecule has 84 valence electrons. The normalized spacial score (nSPS) is 10.3. The molecule has 1 aromatic carbocycles. The van der Waals surface area contributed by atoms with Gasteiger partial charge in [0.2, 0.25) is 0 Å². The highest BCUT2D eigenvalue weighted by molar-refractivity contribution is 9.10. The number of rotatable bonds is 6. The highest BCUT2D eigenvalue weighted by Gasteiger charge is 2.01. The Morgan fingerprint density at radius 3 is 2.87 bits per heavy atom. The summed E-state index contributed by atoms with van der Waals surface area (Å²) in [7, 11) is 1.69. The molecule has 0 bridgehead atoms. The van der Waals surface area contributed by atoms with Crippen molar-refractivity contribution in [2.45, 2.75) is 13.0 Å². The van der Waals surface area contributed by atoms with Crippen LogP contribution in [0.3, 0.4) is 0 Å². The third kappa shape index (κ3) is 4.53. The lowest BCUT2D eigenvalue weighted by Crippen LogP contribution is -2.15. The predicted octanol–water partition coefficient (Wildman–Crippen LogP) is 3.33. The Hall–Kier alpha value is -0.0600.